The summed E-state index contributed by atoms with van der Waals surface area (Å²) in [6.07, 6.45) is -2.67. The number of halogens is 3. The average molecular weight is 337 g/mol. The number of amides is 1. The number of aliphatic imine (C=N–C) groups is 1. The van der Waals surface area contributed by atoms with Crippen LogP contribution in [0.15, 0.2) is 41.5 Å². The first-order chi connectivity index (χ1) is 11.1. The smallest absolute Gasteiger partial charge is 0.431 e. The number of ether oxygens (including phenoxy) is 1. The van der Waals surface area contributed by atoms with E-state index in [0.29, 0.717) is 11.5 Å². The lowest BCUT2D eigenvalue weighted by Gasteiger charge is -2.34. The molecule has 0 fully saturated rings. The highest BCUT2D eigenvalue weighted by atomic mass is 19.4. The first-order valence-corrected chi connectivity index (χ1v) is 7.39. The van der Waals surface area contributed by atoms with Crippen LogP contribution in [0.1, 0.15) is 26.3 Å². The van der Waals surface area contributed by atoms with Gasteiger partial charge in [0.05, 0.1) is 11.6 Å². The van der Waals surface area contributed by atoms with Crippen LogP contribution >= 0.6 is 0 Å². The Hall–Kier alpha value is -2.31. The second-order valence-corrected chi connectivity index (χ2v) is 6.57. The Labute approximate surface area is 137 Å². The van der Waals surface area contributed by atoms with Crippen LogP contribution in [0.25, 0.3) is 0 Å². The largest absolute Gasteiger partial charge is 0.443 e. The Morgan fingerprint density at radius 1 is 1.21 bits per heavy atom. The molecule has 0 spiro atoms. The summed E-state index contributed by atoms with van der Waals surface area (Å²) >= 11 is 0. The zero-order chi connectivity index (χ0) is 17.7. The zero-order valence-corrected chi connectivity index (χ0v) is 13.4. The maximum absolute atomic E-state index is 13.5. The van der Waals surface area contributed by atoms with Crippen LogP contribution in [0.4, 0.5) is 23.7 Å². The van der Waals surface area contributed by atoms with E-state index >= 15 is 0 Å². The van der Waals surface area contributed by atoms with Crippen molar-refractivity contribution >= 4 is 17.5 Å². The molecular formula is C17H16F3N2O2. The van der Waals surface area contributed by atoms with Crippen molar-refractivity contribution in [2.24, 2.45) is 4.99 Å². The minimum Gasteiger partial charge on any atom is -0.443 e. The summed E-state index contributed by atoms with van der Waals surface area (Å²) in [6, 6.07) is 5.24. The Morgan fingerprint density at radius 3 is 2.50 bits per heavy atom. The van der Waals surface area contributed by atoms with E-state index in [1.54, 1.807) is 39.0 Å². The fourth-order valence-corrected chi connectivity index (χ4v) is 2.71. The van der Waals surface area contributed by atoms with Gasteiger partial charge < -0.3 is 4.74 Å². The maximum Gasteiger partial charge on any atom is 0.431 e. The highest BCUT2D eigenvalue weighted by Gasteiger charge is 2.52. The molecule has 0 aliphatic carbocycles. The Morgan fingerprint density at radius 2 is 1.88 bits per heavy atom. The minimum atomic E-state index is -4.66. The van der Waals surface area contributed by atoms with Gasteiger partial charge in [-0.25, -0.2) is 9.79 Å². The van der Waals surface area contributed by atoms with Crippen molar-refractivity contribution in [1.29, 1.82) is 0 Å². The van der Waals surface area contributed by atoms with Crippen molar-refractivity contribution in [3.8, 4) is 0 Å². The fourth-order valence-electron chi connectivity index (χ4n) is 2.71. The topological polar surface area (TPSA) is 41.9 Å². The predicted molar refractivity (Wildman–Crippen MR) is 82.9 cm³/mol. The monoisotopic (exact) mass is 337 g/mol. The van der Waals surface area contributed by atoms with Gasteiger partial charge in [-0.2, -0.15) is 13.2 Å². The third-order valence-electron chi connectivity index (χ3n) is 3.60. The molecule has 1 radical (unpaired) electrons. The van der Waals surface area contributed by atoms with Crippen molar-refractivity contribution in [3.05, 3.63) is 48.0 Å². The normalized spacial score (nSPS) is 20.5. The van der Waals surface area contributed by atoms with Gasteiger partial charge in [0, 0.05) is 6.20 Å². The van der Waals surface area contributed by atoms with Gasteiger partial charge in [0.1, 0.15) is 17.4 Å². The molecule has 3 rings (SSSR count). The molecule has 1 amide bonds. The minimum absolute atomic E-state index is 0.242. The molecular weight excluding hydrogens is 321 g/mol. The lowest BCUT2D eigenvalue weighted by Crippen LogP contribution is -2.50. The molecule has 1 aromatic carbocycles. The van der Waals surface area contributed by atoms with Crippen molar-refractivity contribution in [2.45, 2.75) is 38.6 Å². The van der Waals surface area contributed by atoms with E-state index in [1.165, 1.54) is 18.3 Å². The molecule has 4 nitrogen and oxygen atoms in total. The quantitative estimate of drug-likeness (QED) is 0.704. The molecule has 1 atom stereocenters. The molecule has 0 saturated heterocycles. The second kappa shape index (κ2) is 5.36. The number of hydrogen-bond donors (Lipinski definition) is 0. The van der Waals surface area contributed by atoms with E-state index in [9.17, 15) is 18.0 Å². The van der Waals surface area contributed by atoms with E-state index in [1.807, 2.05) is 0 Å². The number of benzene rings is 1. The van der Waals surface area contributed by atoms with Crippen molar-refractivity contribution in [3.63, 3.8) is 0 Å². The van der Waals surface area contributed by atoms with E-state index < -0.39 is 29.6 Å². The Balaban J connectivity index is 2.03. The van der Waals surface area contributed by atoms with Crippen LogP contribution in [0.5, 0.6) is 0 Å². The Bertz CT molecular complexity index is 732. The molecule has 0 saturated carbocycles. The second-order valence-electron chi connectivity index (χ2n) is 6.57. The molecule has 0 N–H and O–H groups in total. The van der Waals surface area contributed by atoms with E-state index in [0.717, 1.165) is 4.90 Å². The van der Waals surface area contributed by atoms with Gasteiger partial charge in [-0.05, 0) is 32.4 Å². The number of para-hydroxylation sites is 1. The predicted octanol–water partition coefficient (Wildman–Crippen LogP) is 4.39. The van der Waals surface area contributed by atoms with Gasteiger partial charge in [-0.15, -0.1) is 0 Å². The molecule has 0 aromatic heterocycles. The summed E-state index contributed by atoms with van der Waals surface area (Å²) < 4.78 is 45.7. The SMILES string of the molecule is CC(C)(C)OC(=O)N1C=C[C]2c3ccccc3N=C(C(F)(F)F)C21. The van der Waals surface area contributed by atoms with Gasteiger partial charge in [0.15, 0.2) is 0 Å². The lowest BCUT2D eigenvalue weighted by atomic mass is 9.86. The van der Waals surface area contributed by atoms with Crippen molar-refractivity contribution in [1.82, 2.24) is 4.90 Å². The van der Waals surface area contributed by atoms with Gasteiger partial charge in [-0.1, -0.05) is 24.3 Å². The summed E-state index contributed by atoms with van der Waals surface area (Å²) in [7, 11) is 0. The van der Waals surface area contributed by atoms with Crippen LogP contribution in [-0.4, -0.2) is 34.5 Å². The molecule has 2 heterocycles. The first-order valence-electron chi connectivity index (χ1n) is 7.39. The highest BCUT2D eigenvalue weighted by Crippen LogP contribution is 2.43. The molecule has 2 aliphatic heterocycles. The number of carbonyl (C=O) groups is 1. The molecule has 1 aromatic rings. The summed E-state index contributed by atoms with van der Waals surface area (Å²) in [5.74, 6) is 0.388. The highest BCUT2D eigenvalue weighted by molar-refractivity contribution is 6.04. The number of alkyl halides is 3. The van der Waals surface area contributed by atoms with Gasteiger partial charge in [-0.3, -0.25) is 4.90 Å². The van der Waals surface area contributed by atoms with Gasteiger partial charge >= 0.3 is 12.3 Å². The number of fused-ring (bicyclic) bond motifs is 3. The fraction of sp³-hybridized carbons (Fsp3) is 0.353. The van der Waals surface area contributed by atoms with Crippen LogP contribution in [0, 0.1) is 5.92 Å². The number of hydrogen-bond acceptors (Lipinski definition) is 3. The standard InChI is InChI=1S/C17H16F3N2O2/c1-16(2,3)24-15(23)22-9-8-11-10-6-4-5-7-12(10)21-14(13(11)22)17(18,19)20/h4-9,13H,1-3H3. The van der Waals surface area contributed by atoms with E-state index in [-0.39, 0.29) is 5.69 Å². The molecule has 1 unspecified atom stereocenters. The van der Waals surface area contributed by atoms with Crippen LogP contribution in [-0.2, 0) is 4.74 Å². The van der Waals surface area contributed by atoms with E-state index in [2.05, 4.69) is 4.99 Å². The van der Waals surface area contributed by atoms with Crippen LogP contribution in [0.2, 0.25) is 0 Å². The molecule has 127 valence electrons. The van der Waals surface area contributed by atoms with Gasteiger partial charge in [0.2, 0.25) is 0 Å². The van der Waals surface area contributed by atoms with E-state index in [4.69, 9.17) is 4.74 Å². The van der Waals surface area contributed by atoms with Crippen molar-refractivity contribution < 1.29 is 22.7 Å². The maximum atomic E-state index is 13.5. The summed E-state index contributed by atoms with van der Waals surface area (Å²) in [5, 5.41) is 0. The lowest BCUT2D eigenvalue weighted by molar-refractivity contribution is -0.0630. The summed E-state index contributed by atoms with van der Waals surface area (Å²) in [6.45, 7) is 4.97. The summed E-state index contributed by atoms with van der Waals surface area (Å²) in [5.41, 5.74) is -1.01. The van der Waals surface area contributed by atoms with Crippen LogP contribution < -0.4 is 0 Å². The first kappa shape index (κ1) is 16.5. The van der Waals surface area contributed by atoms with Crippen molar-refractivity contribution in [2.75, 3.05) is 0 Å². The molecule has 24 heavy (non-hydrogen) atoms. The third kappa shape index (κ3) is 2.90. The zero-order valence-electron chi connectivity index (χ0n) is 13.4. The molecule has 0 bridgehead atoms. The summed E-state index contributed by atoms with van der Waals surface area (Å²) in [4.78, 5) is 17.0. The molecule has 7 heteroatoms. The van der Waals surface area contributed by atoms with Gasteiger partial charge in [0.25, 0.3) is 0 Å². The number of carbonyl (C=O) groups excluding carboxylic acids is 1. The average Bonchev–Trinajstić information content (AvgIpc) is 2.88. The Kier molecular flexibility index (Phi) is 3.69. The number of rotatable bonds is 0. The van der Waals surface area contributed by atoms with Crippen LogP contribution in [0.3, 0.4) is 0 Å². The third-order valence-corrected chi connectivity index (χ3v) is 3.60. The molecule has 2 aliphatic rings. The number of nitrogens with zero attached hydrogens (tertiary/aromatic N) is 2.